The molecule has 0 radical (unpaired) electrons. The minimum Gasteiger partial charge on any atom is -0.451 e. The molecule has 0 aliphatic heterocycles. The number of ketones is 2. The molecule has 0 aromatic heterocycles. The van der Waals surface area contributed by atoms with Crippen LogP contribution in [0.15, 0.2) is 12.2 Å². The van der Waals surface area contributed by atoms with E-state index in [1.54, 1.807) is 6.92 Å². The van der Waals surface area contributed by atoms with Crippen molar-refractivity contribution in [2.75, 3.05) is 0 Å². The van der Waals surface area contributed by atoms with Crippen LogP contribution in [0.5, 0.6) is 0 Å². The van der Waals surface area contributed by atoms with Crippen LogP contribution in [-0.2, 0) is 19.1 Å². The van der Waals surface area contributed by atoms with Crippen LogP contribution in [0.3, 0.4) is 0 Å². The van der Waals surface area contributed by atoms with E-state index < -0.39 is 12.1 Å². The molecule has 1 atom stereocenters. The Morgan fingerprint density at radius 1 is 1.27 bits per heavy atom. The summed E-state index contributed by atoms with van der Waals surface area (Å²) in [5.41, 5.74) is 0.240. The van der Waals surface area contributed by atoms with E-state index in [-0.39, 0.29) is 23.6 Å². The van der Waals surface area contributed by atoms with Gasteiger partial charge < -0.3 is 4.74 Å². The van der Waals surface area contributed by atoms with Crippen molar-refractivity contribution in [1.82, 2.24) is 0 Å². The van der Waals surface area contributed by atoms with Gasteiger partial charge in [-0.1, -0.05) is 13.5 Å². The van der Waals surface area contributed by atoms with Crippen LogP contribution in [0.4, 0.5) is 0 Å². The zero-order chi connectivity index (χ0) is 12.0. The van der Waals surface area contributed by atoms with Gasteiger partial charge in [0.2, 0.25) is 0 Å². The fourth-order valence-corrected chi connectivity index (χ4v) is 0.966. The van der Waals surface area contributed by atoms with Crippen molar-refractivity contribution in [3.8, 4) is 0 Å². The molecule has 0 spiro atoms. The lowest BCUT2D eigenvalue weighted by molar-refractivity contribution is -0.152. The SMILES string of the molecule is C=C(C)C(=O)OC(CC)C(=O)CC(C)=O. The molecule has 0 aromatic rings. The fourth-order valence-electron chi connectivity index (χ4n) is 0.966. The van der Waals surface area contributed by atoms with Crippen molar-refractivity contribution in [2.24, 2.45) is 0 Å². The van der Waals surface area contributed by atoms with Gasteiger partial charge in [-0.3, -0.25) is 9.59 Å². The van der Waals surface area contributed by atoms with Gasteiger partial charge in [0.15, 0.2) is 11.9 Å². The highest BCUT2D eigenvalue weighted by Crippen LogP contribution is 2.06. The average molecular weight is 212 g/mol. The Hall–Kier alpha value is -1.45. The Balaban J connectivity index is 4.36. The molecular formula is C11H16O4. The molecule has 4 heteroatoms. The predicted molar refractivity (Wildman–Crippen MR) is 55.3 cm³/mol. The molecule has 0 fully saturated rings. The van der Waals surface area contributed by atoms with Crippen LogP contribution in [0, 0.1) is 0 Å². The van der Waals surface area contributed by atoms with Crippen molar-refractivity contribution in [2.45, 2.75) is 39.7 Å². The van der Waals surface area contributed by atoms with Crippen molar-refractivity contribution in [3.05, 3.63) is 12.2 Å². The monoisotopic (exact) mass is 212 g/mol. The largest absolute Gasteiger partial charge is 0.451 e. The van der Waals surface area contributed by atoms with Gasteiger partial charge in [0.1, 0.15) is 5.78 Å². The summed E-state index contributed by atoms with van der Waals surface area (Å²) in [7, 11) is 0. The lowest BCUT2D eigenvalue weighted by atomic mass is 10.1. The number of ether oxygens (including phenoxy) is 1. The first kappa shape index (κ1) is 13.5. The van der Waals surface area contributed by atoms with Gasteiger partial charge >= 0.3 is 5.97 Å². The van der Waals surface area contributed by atoms with Gasteiger partial charge in [0.25, 0.3) is 0 Å². The summed E-state index contributed by atoms with van der Waals surface area (Å²) in [6.07, 6.45) is -0.661. The summed E-state index contributed by atoms with van der Waals surface area (Å²) < 4.78 is 4.88. The minimum absolute atomic E-state index is 0.192. The van der Waals surface area contributed by atoms with E-state index >= 15 is 0 Å². The van der Waals surface area contributed by atoms with E-state index in [2.05, 4.69) is 6.58 Å². The molecule has 15 heavy (non-hydrogen) atoms. The van der Waals surface area contributed by atoms with Crippen LogP contribution < -0.4 is 0 Å². The molecule has 0 amide bonds. The minimum atomic E-state index is -0.835. The zero-order valence-corrected chi connectivity index (χ0v) is 9.33. The Bertz CT molecular complexity index is 291. The number of Topliss-reactive ketones (excluding diaryl/α,β-unsaturated/α-hetero) is 2. The summed E-state index contributed by atoms with van der Waals surface area (Å²) in [4.78, 5) is 33.3. The third-order valence-electron chi connectivity index (χ3n) is 1.75. The van der Waals surface area contributed by atoms with Crippen molar-refractivity contribution < 1.29 is 19.1 Å². The van der Waals surface area contributed by atoms with Crippen LogP contribution in [-0.4, -0.2) is 23.6 Å². The summed E-state index contributed by atoms with van der Waals surface area (Å²) in [6.45, 7) is 7.96. The Morgan fingerprint density at radius 2 is 1.80 bits per heavy atom. The standard InChI is InChI=1S/C11H16O4/c1-5-10(9(13)6-8(4)12)15-11(14)7(2)3/h10H,2,5-6H2,1,3-4H3. The first-order valence-corrected chi connectivity index (χ1v) is 4.77. The second kappa shape index (κ2) is 6.11. The molecule has 0 heterocycles. The molecule has 0 saturated carbocycles. The van der Waals surface area contributed by atoms with Gasteiger partial charge in [0.05, 0.1) is 6.42 Å². The highest BCUT2D eigenvalue weighted by molar-refractivity contribution is 6.01. The molecule has 4 nitrogen and oxygen atoms in total. The molecule has 1 unspecified atom stereocenters. The third kappa shape index (κ3) is 5.10. The van der Waals surface area contributed by atoms with Crippen LogP contribution in [0.25, 0.3) is 0 Å². The van der Waals surface area contributed by atoms with E-state index in [9.17, 15) is 14.4 Å². The van der Waals surface area contributed by atoms with Crippen molar-refractivity contribution in [3.63, 3.8) is 0 Å². The molecule has 0 saturated heterocycles. The maximum atomic E-state index is 11.4. The van der Waals surface area contributed by atoms with Gasteiger partial charge in [-0.15, -0.1) is 0 Å². The van der Waals surface area contributed by atoms with E-state index in [0.29, 0.717) is 6.42 Å². The summed E-state index contributed by atoms with van der Waals surface area (Å²) in [6, 6.07) is 0. The van der Waals surface area contributed by atoms with E-state index in [1.807, 2.05) is 0 Å². The predicted octanol–water partition coefficient (Wildman–Crippen LogP) is 1.43. The summed E-state index contributed by atoms with van der Waals surface area (Å²) in [5, 5.41) is 0. The van der Waals surface area contributed by atoms with Gasteiger partial charge in [0, 0.05) is 5.57 Å². The van der Waals surface area contributed by atoms with Gasteiger partial charge in [-0.05, 0) is 20.3 Å². The quantitative estimate of drug-likeness (QED) is 0.379. The van der Waals surface area contributed by atoms with Gasteiger partial charge in [-0.2, -0.15) is 0 Å². The first-order valence-electron chi connectivity index (χ1n) is 4.77. The molecule has 0 aliphatic rings. The maximum Gasteiger partial charge on any atom is 0.333 e. The molecule has 0 aromatic carbocycles. The molecule has 0 aliphatic carbocycles. The second-order valence-electron chi connectivity index (χ2n) is 3.43. The molecule has 0 bridgehead atoms. The lowest BCUT2D eigenvalue weighted by Crippen LogP contribution is -2.28. The smallest absolute Gasteiger partial charge is 0.333 e. The van der Waals surface area contributed by atoms with Crippen LogP contribution in [0.2, 0.25) is 0 Å². The molecule has 84 valence electrons. The Morgan fingerprint density at radius 3 is 2.13 bits per heavy atom. The third-order valence-corrected chi connectivity index (χ3v) is 1.75. The fraction of sp³-hybridized carbons (Fsp3) is 0.545. The second-order valence-corrected chi connectivity index (χ2v) is 3.43. The van der Waals surface area contributed by atoms with Gasteiger partial charge in [-0.25, -0.2) is 4.79 Å². The Kier molecular flexibility index (Phi) is 5.52. The lowest BCUT2D eigenvalue weighted by Gasteiger charge is -2.14. The number of carbonyl (C=O) groups is 3. The number of rotatable bonds is 6. The number of hydrogen-bond donors (Lipinski definition) is 0. The van der Waals surface area contributed by atoms with Crippen molar-refractivity contribution >= 4 is 17.5 Å². The molecule has 0 rings (SSSR count). The number of hydrogen-bond acceptors (Lipinski definition) is 4. The Labute approximate surface area is 89.3 Å². The molecule has 0 N–H and O–H groups in total. The van der Waals surface area contributed by atoms with E-state index in [0.717, 1.165) is 0 Å². The first-order chi connectivity index (χ1) is 6.88. The normalized spacial score (nSPS) is 11.7. The number of carbonyl (C=O) groups excluding carboxylic acids is 3. The van der Waals surface area contributed by atoms with Crippen LogP contribution >= 0.6 is 0 Å². The number of esters is 1. The van der Waals surface area contributed by atoms with Crippen molar-refractivity contribution in [1.29, 1.82) is 0 Å². The van der Waals surface area contributed by atoms with Crippen LogP contribution in [0.1, 0.15) is 33.6 Å². The topological polar surface area (TPSA) is 60.4 Å². The maximum absolute atomic E-state index is 11.4. The summed E-state index contributed by atoms with van der Waals surface area (Å²) >= 11 is 0. The van der Waals surface area contributed by atoms with E-state index in [1.165, 1.54) is 13.8 Å². The highest BCUT2D eigenvalue weighted by atomic mass is 16.5. The summed E-state index contributed by atoms with van der Waals surface area (Å²) in [5.74, 6) is -1.19. The molecular weight excluding hydrogens is 196 g/mol. The average Bonchev–Trinajstić information content (AvgIpc) is 2.11. The van der Waals surface area contributed by atoms with E-state index in [4.69, 9.17) is 4.74 Å². The zero-order valence-electron chi connectivity index (χ0n) is 9.33. The highest BCUT2D eigenvalue weighted by Gasteiger charge is 2.21.